The van der Waals surface area contributed by atoms with Crippen LogP contribution in [0.5, 0.6) is 0 Å². The van der Waals surface area contributed by atoms with Crippen LogP contribution in [0.4, 0.5) is 0 Å². The van der Waals surface area contributed by atoms with E-state index in [1.807, 2.05) is 20.8 Å². The maximum absolute atomic E-state index is 12.7. The lowest BCUT2D eigenvalue weighted by atomic mass is 10.0. The summed E-state index contributed by atoms with van der Waals surface area (Å²) in [6.07, 6.45) is 1.66. The molecule has 0 saturated heterocycles. The van der Waals surface area contributed by atoms with Crippen molar-refractivity contribution in [1.29, 1.82) is 0 Å². The van der Waals surface area contributed by atoms with Crippen molar-refractivity contribution in [2.45, 2.75) is 38.1 Å². The molecule has 0 heterocycles. The van der Waals surface area contributed by atoms with Crippen LogP contribution in [-0.4, -0.2) is 31.3 Å². The fourth-order valence-electron chi connectivity index (χ4n) is 1.96. The zero-order valence-electron chi connectivity index (χ0n) is 12.7. The van der Waals surface area contributed by atoms with Crippen molar-refractivity contribution in [1.82, 2.24) is 4.90 Å². The van der Waals surface area contributed by atoms with Gasteiger partial charge in [0.25, 0.3) is 15.0 Å². The summed E-state index contributed by atoms with van der Waals surface area (Å²) in [5.41, 5.74) is 0.658. The Kier molecular flexibility index (Phi) is 5.23. The Hall–Kier alpha value is -1.33. The van der Waals surface area contributed by atoms with Gasteiger partial charge in [-0.1, -0.05) is 6.08 Å². The molecular formula is C15H20ClNO3S. The van der Waals surface area contributed by atoms with Gasteiger partial charge in [-0.2, -0.15) is 0 Å². The lowest BCUT2D eigenvalue weighted by molar-refractivity contribution is 0.0616. The van der Waals surface area contributed by atoms with E-state index in [9.17, 15) is 13.2 Å². The summed E-state index contributed by atoms with van der Waals surface area (Å²) >= 11 is 0. The molecule has 0 aliphatic carbocycles. The Balaban J connectivity index is 3.27. The van der Waals surface area contributed by atoms with Gasteiger partial charge >= 0.3 is 0 Å². The number of carbonyl (C=O) groups excluding carboxylic acids is 1. The van der Waals surface area contributed by atoms with Crippen molar-refractivity contribution in [3.63, 3.8) is 0 Å². The van der Waals surface area contributed by atoms with E-state index >= 15 is 0 Å². The van der Waals surface area contributed by atoms with E-state index in [2.05, 4.69) is 6.58 Å². The third kappa shape index (κ3) is 4.32. The maximum atomic E-state index is 12.7. The number of nitrogens with zero attached hydrogens (tertiary/aromatic N) is 1. The summed E-state index contributed by atoms with van der Waals surface area (Å²) in [6, 6.07) is 4.25. The molecule has 0 aromatic heterocycles. The lowest BCUT2D eigenvalue weighted by Gasteiger charge is -2.35. The second-order valence-electron chi connectivity index (χ2n) is 5.79. The van der Waals surface area contributed by atoms with Crippen molar-refractivity contribution in [3.05, 3.63) is 42.0 Å². The first kappa shape index (κ1) is 17.7. The summed E-state index contributed by atoms with van der Waals surface area (Å²) in [6.45, 7) is 11.6. The van der Waals surface area contributed by atoms with Crippen LogP contribution < -0.4 is 0 Å². The van der Waals surface area contributed by atoms with Crippen molar-refractivity contribution in [2.24, 2.45) is 0 Å². The molecule has 0 aliphatic heterocycles. The standard InChI is InChI=1S/C15H20ClNO3S/c1-6-9-17(15(3,4)5)14(18)13-8-7-12(10-11(13)2)21(16,19)20/h6-8,10H,1,9H2,2-5H3. The molecule has 4 nitrogen and oxygen atoms in total. The summed E-state index contributed by atoms with van der Waals surface area (Å²) in [5, 5.41) is 0. The predicted molar refractivity (Wildman–Crippen MR) is 85.2 cm³/mol. The first-order chi connectivity index (χ1) is 9.48. The minimum Gasteiger partial charge on any atom is -0.330 e. The van der Waals surface area contributed by atoms with Gasteiger partial charge in [0.05, 0.1) is 4.90 Å². The number of rotatable bonds is 4. The van der Waals surface area contributed by atoms with E-state index in [1.165, 1.54) is 18.2 Å². The van der Waals surface area contributed by atoms with Crippen LogP contribution >= 0.6 is 10.7 Å². The van der Waals surface area contributed by atoms with Crippen molar-refractivity contribution < 1.29 is 13.2 Å². The third-order valence-corrected chi connectivity index (χ3v) is 4.43. The zero-order chi connectivity index (χ0) is 16.4. The molecule has 1 aromatic rings. The molecule has 1 aromatic carbocycles. The molecule has 0 bridgehead atoms. The molecule has 0 atom stereocenters. The average Bonchev–Trinajstić information content (AvgIpc) is 2.32. The molecule has 0 radical (unpaired) electrons. The molecular weight excluding hydrogens is 310 g/mol. The molecule has 1 rings (SSSR count). The molecule has 0 fully saturated rings. The molecule has 0 spiro atoms. The van der Waals surface area contributed by atoms with E-state index in [1.54, 1.807) is 17.9 Å². The van der Waals surface area contributed by atoms with Gasteiger partial charge in [-0.05, 0) is 51.5 Å². The molecule has 0 unspecified atom stereocenters. The molecule has 21 heavy (non-hydrogen) atoms. The number of amides is 1. The molecule has 0 N–H and O–H groups in total. The maximum Gasteiger partial charge on any atom is 0.261 e. The monoisotopic (exact) mass is 329 g/mol. The van der Waals surface area contributed by atoms with Crippen LogP contribution in [0.3, 0.4) is 0 Å². The van der Waals surface area contributed by atoms with E-state index in [0.29, 0.717) is 17.7 Å². The van der Waals surface area contributed by atoms with E-state index in [-0.39, 0.29) is 16.3 Å². The summed E-state index contributed by atoms with van der Waals surface area (Å²) in [5.74, 6) is -0.168. The first-order valence-corrected chi connectivity index (χ1v) is 8.77. The Labute approximate surface area is 130 Å². The van der Waals surface area contributed by atoms with Gasteiger partial charge in [0, 0.05) is 28.3 Å². The number of aryl methyl sites for hydroxylation is 1. The predicted octanol–water partition coefficient (Wildman–Crippen LogP) is 3.35. The van der Waals surface area contributed by atoms with Gasteiger partial charge in [0.1, 0.15) is 0 Å². The topological polar surface area (TPSA) is 54.5 Å². The first-order valence-electron chi connectivity index (χ1n) is 6.46. The van der Waals surface area contributed by atoms with Gasteiger partial charge in [-0.15, -0.1) is 6.58 Å². The number of hydrogen-bond acceptors (Lipinski definition) is 3. The minimum atomic E-state index is -3.80. The highest BCUT2D eigenvalue weighted by molar-refractivity contribution is 8.13. The van der Waals surface area contributed by atoms with Crippen LogP contribution in [0.15, 0.2) is 35.7 Å². The van der Waals surface area contributed by atoms with E-state index in [4.69, 9.17) is 10.7 Å². The summed E-state index contributed by atoms with van der Waals surface area (Å²) in [7, 11) is 1.52. The highest BCUT2D eigenvalue weighted by Crippen LogP contribution is 2.23. The third-order valence-electron chi connectivity index (χ3n) is 3.08. The second-order valence-corrected chi connectivity index (χ2v) is 8.36. The van der Waals surface area contributed by atoms with Crippen molar-refractivity contribution in [2.75, 3.05) is 6.54 Å². The van der Waals surface area contributed by atoms with Crippen molar-refractivity contribution >= 4 is 25.6 Å². The fourth-order valence-corrected chi connectivity index (χ4v) is 2.80. The minimum absolute atomic E-state index is 0.00996. The van der Waals surface area contributed by atoms with E-state index < -0.39 is 9.05 Å². The Morgan fingerprint density at radius 1 is 1.38 bits per heavy atom. The Morgan fingerprint density at radius 2 is 1.95 bits per heavy atom. The van der Waals surface area contributed by atoms with Gasteiger partial charge in [-0.3, -0.25) is 4.79 Å². The number of carbonyl (C=O) groups is 1. The van der Waals surface area contributed by atoms with Crippen molar-refractivity contribution in [3.8, 4) is 0 Å². The molecule has 1 amide bonds. The molecule has 0 aliphatic rings. The zero-order valence-corrected chi connectivity index (χ0v) is 14.3. The van der Waals surface area contributed by atoms with Crippen LogP contribution in [0, 0.1) is 6.92 Å². The number of hydrogen-bond donors (Lipinski definition) is 0. The Morgan fingerprint density at radius 3 is 2.33 bits per heavy atom. The smallest absolute Gasteiger partial charge is 0.261 e. The largest absolute Gasteiger partial charge is 0.330 e. The summed E-state index contributed by atoms with van der Waals surface area (Å²) in [4.78, 5) is 14.3. The second kappa shape index (κ2) is 6.20. The van der Waals surface area contributed by atoms with Crippen LogP contribution in [-0.2, 0) is 9.05 Å². The highest BCUT2D eigenvalue weighted by Gasteiger charge is 2.27. The van der Waals surface area contributed by atoms with E-state index in [0.717, 1.165) is 0 Å². The highest BCUT2D eigenvalue weighted by atomic mass is 35.7. The lowest BCUT2D eigenvalue weighted by Crippen LogP contribution is -2.45. The summed E-state index contributed by atoms with van der Waals surface area (Å²) < 4.78 is 22.6. The fraction of sp³-hybridized carbons (Fsp3) is 0.400. The van der Waals surface area contributed by atoms with Crippen LogP contribution in [0.25, 0.3) is 0 Å². The van der Waals surface area contributed by atoms with Gasteiger partial charge < -0.3 is 4.90 Å². The van der Waals surface area contributed by atoms with Crippen LogP contribution in [0.1, 0.15) is 36.7 Å². The van der Waals surface area contributed by atoms with Gasteiger partial charge in [0.15, 0.2) is 0 Å². The number of halogens is 1. The van der Waals surface area contributed by atoms with Crippen LogP contribution in [0.2, 0.25) is 0 Å². The Bertz CT molecular complexity index is 660. The number of benzene rings is 1. The normalized spacial score (nSPS) is 12.0. The molecule has 6 heteroatoms. The quantitative estimate of drug-likeness (QED) is 0.628. The van der Waals surface area contributed by atoms with Gasteiger partial charge in [-0.25, -0.2) is 8.42 Å². The molecule has 0 saturated carbocycles. The SMILES string of the molecule is C=CCN(C(=O)c1ccc(S(=O)(=O)Cl)cc1C)C(C)(C)C. The van der Waals surface area contributed by atoms with Gasteiger partial charge in [0.2, 0.25) is 0 Å². The molecule has 116 valence electrons. The average molecular weight is 330 g/mol.